The van der Waals surface area contributed by atoms with Crippen molar-refractivity contribution in [2.45, 2.75) is 20.4 Å². The van der Waals surface area contributed by atoms with Crippen molar-refractivity contribution in [2.75, 3.05) is 7.11 Å². The van der Waals surface area contributed by atoms with Crippen molar-refractivity contribution in [3.8, 4) is 0 Å². The molecular weight excluding hydrogens is 220 g/mol. The Labute approximate surface area is 99.0 Å². The summed E-state index contributed by atoms with van der Waals surface area (Å²) < 4.78 is 11.8. The molecule has 0 aromatic carbocycles. The molecule has 0 aliphatic carbocycles. The minimum absolute atomic E-state index is 0.212. The molecule has 2 rings (SSSR count). The Balaban J connectivity index is 2.17. The number of rotatable bonds is 3. The van der Waals surface area contributed by atoms with Gasteiger partial charge in [0.1, 0.15) is 5.76 Å². The van der Waals surface area contributed by atoms with Crippen molar-refractivity contribution in [1.82, 2.24) is 9.78 Å². The monoisotopic (exact) mass is 234 g/mol. The van der Waals surface area contributed by atoms with Crippen LogP contribution in [0.25, 0.3) is 0 Å². The highest BCUT2D eigenvalue weighted by Crippen LogP contribution is 2.12. The smallest absolute Gasteiger partial charge is 0.373 e. The largest absolute Gasteiger partial charge is 0.463 e. The molecule has 0 fully saturated rings. The lowest BCUT2D eigenvalue weighted by atomic mass is 10.4. The van der Waals surface area contributed by atoms with Gasteiger partial charge in [-0.05, 0) is 32.0 Å². The van der Waals surface area contributed by atoms with Gasteiger partial charge in [0, 0.05) is 5.69 Å². The lowest BCUT2D eigenvalue weighted by Gasteiger charge is -2.01. The highest BCUT2D eigenvalue weighted by molar-refractivity contribution is 5.86. The number of aryl methyl sites for hydroxylation is 2. The van der Waals surface area contributed by atoms with E-state index in [4.69, 9.17) is 4.42 Å². The Hall–Kier alpha value is -2.04. The van der Waals surface area contributed by atoms with E-state index in [0.29, 0.717) is 12.3 Å². The van der Waals surface area contributed by atoms with Gasteiger partial charge < -0.3 is 9.15 Å². The Morgan fingerprint density at radius 3 is 2.82 bits per heavy atom. The standard InChI is InChI=1S/C12H14N2O3/c1-8-6-9(2)14(13-8)7-10-4-5-11(17-10)12(15)16-3/h4-6H,7H2,1-3H3. The van der Waals surface area contributed by atoms with Crippen LogP contribution in [0.2, 0.25) is 0 Å². The summed E-state index contributed by atoms with van der Waals surface area (Å²) in [6, 6.07) is 5.35. The summed E-state index contributed by atoms with van der Waals surface area (Å²) in [6.45, 7) is 4.42. The number of furan rings is 1. The van der Waals surface area contributed by atoms with Gasteiger partial charge in [0.25, 0.3) is 0 Å². The number of aromatic nitrogens is 2. The van der Waals surface area contributed by atoms with Crippen LogP contribution in [0, 0.1) is 13.8 Å². The fourth-order valence-electron chi connectivity index (χ4n) is 1.66. The van der Waals surface area contributed by atoms with Gasteiger partial charge in [-0.3, -0.25) is 4.68 Å². The van der Waals surface area contributed by atoms with E-state index in [-0.39, 0.29) is 5.76 Å². The zero-order valence-electron chi connectivity index (χ0n) is 10.1. The lowest BCUT2D eigenvalue weighted by Crippen LogP contribution is -2.03. The highest BCUT2D eigenvalue weighted by Gasteiger charge is 2.12. The van der Waals surface area contributed by atoms with E-state index in [1.165, 1.54) is 7.11 Å². The van der Waals surface area contributed by atoms with E-state index in [9.17, 15) is 4.79 Å². The Kier molecular flexibility index (Phi) is 2.99. The average Bonchev–Trinajstić information content (AvgIpc) is 2.86. The van der Waals surface area contributed by atoms with E-state index < -0.39 is 5.97 Å². The molecule has 0 radical (unpaired) electrons. The van der Waals surface area contributed by atoms with Crippen LogP contribution < -0.4 is 0 Å². The fraction of sp³-hybridized carbons (Fsp3) is 0.333. The van der Waals surface area contributed by atoms with Gasteiger partial charge in [-0.2, -0.15) is 5.10 Å². The van der Waals surface area contributed by atoms with E-state index >= 15 is 0 Å². The fourth-order valence-corrected chi connectivity index (χ4v) is 1.66. The molecule has 17 heavy (non-hydrogen) atoms. The molecule has 0 saturated heterocycles. The third-order valence-corrected chi connectivity index (χ3v) is 2.46. The topological polar surface area (TPSA) is 57.3 Å². The first kappa shape index (κ1) is 11.4. The summed E-state index contributed by atoms with van der Waals surface area (Å²) in [5, 5.41) is 4.32. The van der Waals surface area contributed by atoms with Crippen molar-refractivity contribution >= 4 is 5.97 Å². The van der Waals surface area contributed by atoms with Crippen molar-refractivity contribution in [3.63, 3.8) is 0 Å². The van der Waals surface area contributed by atoms with Gasteiger partial charge in [0.15, 0.2) is 0 Å². The van der Waals surface area contributed by atoms with Crippen LogP contribution in [0.5, 0.6) is 0 Å². The van der Waals surface area contributed by atoms with E-state index in [1.54, 1.807) is 12.1 Å². The van der Waals surface area contributed by atoms with Crippen LogP contribution in [0.3, 0.4) is 0 Å². The second-order valence-corrected chi connectivity index (χ2v) is 3.84. The van der Waals surface area contributed by atoms with Crippen LogP contribution in [0.4, 0.5) is 0 Å². The summed E-state index contributed by atoms with van der Waals surface area (Å²) in [6.07, 6.45) is 0. The molecule has 0 saturated carbocycles. The van der Waals surface area contributed by atoms with Crippen molar-refractivity contribution < 1.29 is 13.9 Å². The van der Waals surface area contributed by atoms with Crippen molar-refractivity contribution in [3.05, 3.63) is 41.1 Å². The minimum Gasteiger partial charge on any atom is -0.463 e. The van der Waals surface area contributed by atoms with Crippen LogP contribution in [-0.4, -0.2) is 22.9 Å². The molecule has 90 valence electrons. The maximum absolute atomic E-state index is 11.2. The molecule has 2 aromatic heterocycles. The number of nitrogens with zero attached hydrogens (tertiary/aromatic N) is 2. The predicted molar refractivity (Wildman–Crippen MR) is 60.9 cm³/mol. The molecule has 2 heterocycles. The van der Waals surface area contributed by atoms with Gasteiger partial charge in [0.05, 0.1) is 19.3 Å². The third kappa shape index (κ3) is 2.38. The normalized spacial score (nSPS) is 10.5. The molecule has 0 unspecified atom stereocenters. The molecule has 0 aliphatic rings. The summed E-state index contributed by atoms with van der Waals surface area (Å²) >= 11 is 0. The van der Waals surface area contributed by atoms with Gasteiger partial charge in [-0.25, -0.2) is 4.79 Å². The number of carbonyl (C=O) groups is 1. The minimum atomic E-state index is -0.468. The van der Waals surface area contributed by atoms with E-state index in [1.807, 2.05) is 24.6 Å². The number of hydrogen-bond donors (Lipinski definition) is 0. The molecule has 0 atom stereocenters. The van der Waals surface area contributed by atoms with Crippen molar-refractivity contribution in [1.29, 1.82) is 0 Å². The van der Waals surface area contributed by atoms with E-state index in [0.717, 1.165) is 11.4 Å². The second kappa shape index (κ2) is 4.45. The SMILES string of the molecule is COC(=O)c1ccc(Cn2nc(C)cc2C)o1. The lowest BCUT2D eigenvalue weighted by molar-refractivity contribution is 0.0563. The number of esters is 1. The molecule has 0 N–H and O–H groups in total. The number of ether oxygens (including phenoxy) is 1. The highest BCUT2D eigenvalue weighted by atomic mass is 16.5. The summed E-state index contributed by atoms with van der Waals surface area (Å²) in [5.74, 6) is 0.422. The zero-order valence-corrected chi connectivity index (χ0v) is 10.1. The van der Waals surface area contributed by atoms with Crippen LogP contribution >= 0.6 is 0 Å². The van der Waals surface area contributed by atoms with E-state index in [2.05, 4.69) is 9.84 Å². The van der Waals surface area contributed by atoms with Gasteiger partial charge in [0.2, 0.25) is 5.76 Å². The molecule has 0 amide bonds. The van der Waals surface area contributed by atoms with Crippen LogP contribution in [0.1, 0.15) is 27.7 Å². The Bertz CT molecular complexity index is 540. The Morgan fingerprint density at radius 2 is 2.24 bits per heavy atom. The molecule has 5 heteroatoms. The first-order valence-electron chi connectivity index (χ1n) is 5.28. The molecule has 0 spiro atoms. The predicted octanol–water partition coefficient (Wildman–Crippen LogP) is 1.93. The summed E-state index contributed by atoms with van der Waals surface area (Å²) in [7, 11) is 1.32. The number of carbonyl (C=O) groups excluding carboxylic acids is 1. The molecular formula is C12H14N2O3. The maximum Gasteiger partial charge on any atom is 0.373 e. The van der Waals surface area contributed by atoms with Gasteiger partial charge in [-0.15, -0.1) is 0 Å². The maximum atomic E-state index is 11.2. The molecule has 5 nitrogen and oxygen atoms in total. The first-order valence-corrected chi connectivity index (χ1v) is 5.28. The third-order valence-electron chi connectivity index (χ3n) is 2.46. The van der Waals surface area contributed by atoms with Crippen LogP contribution in [0.15, 0.2) is 22.6 Å². The summed E-state index contributed by atoms with van der Waals surface area (Å²) in [5.41, 5.74) is 2.01. The average molecular weight is 234 g/mol. The van der Waals surface area contributed by atoms with Crippen molar-refractivity contribution in [2.24, 2.45) is 0 Å². The molecule has 0 bridgehead atoms. The first-order chi connectivity index (χ1) is 8.10. The zero-order chi connectivity index (χ0) is 12.4. The Morgan fingerprint density at radius 1 is 1.47 bits per heavy atom. The summed E-state index contributed by atoms with van der Waals surface area (Å²) in [4.78, 5) is 11.2. The second-order valence-electron chi connectivity index (χ2n) is 3.84. The molecule has 0 aliphatic heterocycles. The van der Waals surface area contributed by atoms with Gasteiger partial charge in [-0.1, -0.05) is 0 Å². The number of hydrogen-bond acceptors (Lipinski definition) is 4. The molecule has 2 aromatic rings. The van der Waals surface area contributed by atoms with Crippen LogP contribution in [-0.2, 0) is 11.3 Å². The van der Waals surface area contributed by atoms with Gasteiger partial charge >= 0.3 is 5.97 Å². The number of methoxy groups -OCH3 is 1. The quantitative estimate of drug-likeness (QED) is 0.761.